The van der Waals surface area contributed by atoms with Gasteiger partial charge in [-0.1, -0.05) is 5.16 Å². The standard InChI is InChI=1S/C9H11N3O2S/c1-6-10-5-8(15-6)9(13)11-4-7-2-3-14-12-7/h5H,2-4H2,1H3,(H,11,13). The van der Waals surface area contributed by atoms with Gasteiger partial charge >= 0.3 is 0 Å². The highest BCUT2D eigenvalue weighted by Gasteiger charge is 2.12. The van der Waals surface area contributed by atoms with E-state index >= 15 is 0 Å². The van der Waals surface area contributed by atoms with Gasteiger partial charge in [0.15, 0.2) is 0 Å². The Kier molecular flexibility index (Phi) is 2.96. The third kappa shape index (κ3) is 2.53. The highest BCUT2D eigenvalue weighted by atomic mass is 32.1. The van der Waals surface area contributed by atoms with Crippen molar-refractivity contribution in [3.63, 3.8) is 0 Å². The zero-order chi connectivity index (χ0) is 10.7. The van der Waals surface area contributed by atoms with Crippen LogP contribution in [0.4, 0.5) is 0 Å². The van der Waals surface area contributed by atoms with Crippen LogP contribution >= 0.6 is 11.3 Å². The molecule has 2 heterocycles. The van der Waals surface area contributed by atoms with Gasteiger partial charge in [-0.2, -0.15) is 0 Å². The molecule has 1 N–H and O–H groups in total. The summed E-state index contributed by atoms with van der Waals surface area (Å²) < 4.78 is 0. The summed E-state index contributed by atoms with van der Waals surface area (Å²) in [6.07, 6.45) is 2.38. The predicted molar refractivity (Wildman–Crippen MR) is 57.2 cm³/mol. The fourth-order valence-electron chi connectivity index (χ4n) is 1.20. The number of thiazole rings is 1. The molecule has 0 radical (unpaired) electrons. The number of hydrogen-bond acceptors (Lipinski definition) is 5. The molecule has 0 spiro atoms. The number of aromatic nitrogens is 1. The van der Waals surface area contributed by atoms with Crippen molar-refractivity contribution in [2.24, 2.45) is 5.16 Å². The number of nitrogens with one attached hydrogen (secondary N) is 1. The normalized spacial score (nSPS) is 14.6. The lowest BCUT2D eigenvalue weighted by molar-refractivity contribution is 0.0963. The van der Waals surface area contributed by atoms with E-state index < -0.39 is 0 Å². The van der Waals surface area contributed by atoms with Gasteiger partial charge in [0.25, 0.3) is 5.91 Å². The molecule has 0 aliphatic carbocycles. The minimum absolute atomic E-state index is 0.102. The summed E-state index contributed by atoms with van der Waals surface area (Å²) in [7, 11) is 0. The number of amides is 1. The number of nitrogens with zero attached hydrogens (tertiary/aromatic N) is 2. The fourth-order valence-corrected chi connectivity index (χ4v) is 1.90. The molecule has 1 aliphatic rings. The molecule has 15 heavy (non-hydrogen) atoms. The van der Waals surface area contributed by atoms with Gasteiger partial charge in [0.2, 0.25) is 0 Å². The van der Waals surface area contributed by atoms with Gasteiger partial charge in [-0.25, -0.2) is 4.98 Å². The molecule has 0 unspecified atom stereocenters. The molecular formula is C9H11N3O2S. The van der Waals surface area contributed by atoms with Gasteiger partial charge in [0.1, 0.15) is 11.5 Å². The van der Waals surface area contributed by atoms with Crippen molar-refractivity contribution in [2.75, 3.05) is 13.2 Å². The quantitative estimate of drug-likeness (QED) is 0.833. The summed E-state index contributed by atoms with van der Waals surface area (Å²) in [5, 5.41) is 7.46. The SMILES string of the molecule is Cc1ncc(C(=O)NCC2=NOCC2)s1. The maximum atomic E-state index is 11.6. The van der Waals surface area contributed by atoms with E-state index in [0.29, 0.717) is 18.0 Å². The highest BCUT2D eigenvalue weighted by molar-refractivity contribution is 7.13. The van der Waals surface area contributed by atoms with E-state index in [4.69, 9.17) is 4.84 Å². The average molecular weight is 225 g/mol. The van der Waals surface area contributed by atoms with Crippen LogP contribution in [0.25, 0.3) is 0 Å². The van der Waals surface area contributed by atoms with Crippen molar-refractivity contribution in [1.82, 2.24) is 10.3 Å². The molecule has 1 aromatic rings. The van der Waals surface area contributed by atoms with E-state index in [9.17, 15) is 4.79 Å². The molecule has 0 fully saturated rings. The molecule has 0 aromatic carbocycles. The van der Waals surface area contributed by atoms with Gasteiger partial charge in [0, 0.05) is 6.42 Å². The molecule has 0 bridgehead atoms. The van der Waals surface area contributed by atoms with Crippen LogP contribution in [0, 0.1) is 6.92 Å². The predicted octanol–water partition coefficient (Wildman–Crippen LogP) is 0.958. The Balaban J connectivity index is 1.87. The Bertz CT molecular complexity index is 400. The molecule has 6 heteroatoms. The number of hydrogen-bond donors (Lipinski definition) is 1. The minimum atomic E-state index is -0.102. The summed E-state index contributed by atoms with van der Waals surface area (Å²) in [6.45, 7) is 2.94. The van der Waals surface area contributed by atoms with Gasteiger partial charge in [-0.3, -0.25) is 4.79 Å². The third-order valence-corrected chi connectivity index (χ3v) is 2.89. The van der Waals surface area contributed by atoms with Crippen LogP contribution in [0.3, 0.4) is 0 Å². The Morgan fingerprint density at radius 2 is 2.60 bits per heavy atom. The number of aryl methyl sites for hydroxylation is 1. The van der Waals surface area contributed by atoms with Crippen LogP contribution in [0.5, 0.6) is 0 Å². The Labute approximate surface area is 91.1 Å². The summed E-state index contributed by atoms with van der Waals surface area (Å²) in [5.41, 5.74) is 0.879. The van der Waals surface area contributed by atoms with Gasteiger partial charge in [-0.15, -0.1) is 11.3 Å². The molecule has 2 rings (SSSR count). The summed E-state index contributed by atoms with van der Waals surface area (Å²) in [5.74, 6) is -0.102. The summed E-state index contributed by atoms with van der Waals surface area (Å²) in [4.78, 5) is 21.1. The third-order valence-electron chi connectivity index (χ3n) is 1.97. The van der Waals surface area contributed by atoms with Crippen molar-refractivity contribution in [2.45, 2.75) is 13.3 Å². The van der Waals surface area contributed by atoms with Crippen LogP contribution in [0.2, 0.25) is 0 Å². The first kappa shape index (κ1) is 10.1. The van der Waals surface area contributed by atoms with Crippen LogP contribution in [0.15, 0.2) is 11.4 Å². The second-order valence-corrected chi connectivity index (χ2v) is 4.40. The minimum Gasteiger partial charge on any atom is -0.395 e. The number of carbonyl (C=O) groups is 1. The van der Waals surface area contributed by atoms with E-state index in [1.165, 1.54) is 11.3 Å². The fraction of sp³-hybridized carbons (Fsp3) is 0.444. The first-order chi connectivity index (χ1) is 7.25. The lowest BCUT2D eigenvalue weighted by Gasteiger charge is -2.00. The van der Waals surface area contributed by atoms with E-state index in [2.05, 4.69) is 15.5 Å². The van der Waals surface area contributed by atoms with Gasteiger partial charge < -0.3 is 10.2 Å². The maximum Gasteiger partial charge on any atom is 0.263 e. The van der Waals surface area contributed by atoms with Crippen molar-refractivity contribution < 1.29 is 9.63 Å². The molecule has 80 valence electrons. The lowest BCUT2D eigenvalue weighted by atomic mass is 10.3. The van der Waals surface area contributed by atoms with Gasteiger partial charge in [-0.05, 0) is 6.92 Å². The van der Waals surface area contributed by atoms with Crippen LogP contribution in [-0.2, 0) is 4.84 Å². The summed E-state index contributed by atoms with van der Waals surface area (Å²) in [6, 6.07) is 0. The first-order valence-electron chi connectivity index (χ1n) is 4.64. The molecule has 0 atom stereocenters. The first-order valence-corrected chi connectivity index (χ1v) is 5.45. The van der Waals surface area contributed by atoms with E-state index in [1.54, 1.807) is 6.20 Å². The van der Waals surface area contributed by atoms with Crippen molar-refractivity contribution >= 4 is 23.0 Å². The Morgan fingerprint density at radius 3 is 3.20 bits per heavy atom. The van der Waals surface area contributed by atoms with Gasteiger partial charge in [0.05, 0.1) is 23.5 Å². The molecule has 5 nitrogen and oxygen atoms in total. The zero-order valence-corrected chi connectivity index (χ0v) is 9.13. The van der Waals surface area contributed by atoms with Crippen LogP contribution in [-0.4, -0.2) is 29.8 Å². The Morgan fingerprint density at radius 1 is 1.73 bits per heavy atom. The monoisotopic (exact) mass is 225 g/mol. The smallest absolute Gasteiger partial charge is 0.263 e. The lowest BCUT2D eigenvalue weighted by Crippen LogP contribution is -2.28. The second-order valence-electron chi connectivity index (χ2n) is 3.17. The maximum absolute atomic E-state index is 11.6. The number of carbonyl (C=O) groups excluding carboxylic acids is 1. The van der Waals surface area contributed by atoms with Crippen LogP contribution < -0.4 is 5.32 Å². The molecule has 1 aromatic heterocycles. The Hall–Kier alpha value is -1.43. The topological polar surface area (TPSA) is 63.6 Å². The zero-order valence-electron chi connectivity index (χ0n) is 8.32. The highest BCUT2D eigenvalue weighted by Crippen LogP contribution is 2.10. The molecule has 1 amide bonds. The van der Waals surface area contributed by atoms with E-state index in [0.717, 1.165) is 17.1 Å². The molecule has 1 aliphatic heterocycles. The van der Waals surface area contributed by atoms with Crippen LogP contribution in [0.1, 0.15) is 21.1 Å². The molecule has 0 saturated carbocycles. The van der Waals surface area contributed by atoms with Crippen molar-refractivity contribution in [3.8, 4) is 0 Å². The molecular weight excluding hydrogens is 214 g/mol. The van der Waals surface area contributed by atoms with Crippen molar-refractivity contribution in [1.29, 1.82) is 0 Å². The number of oxime groups is 1. The molecule has 0 saturated heterocycles. The second kappa shape index (κ2) is 4.39. The van der Waals surface area contributed by atoms with Crippen molar-refractivity contribution in [3.05, 3.63) is 16.1 Å². The van der Waals surface area contributed by atoms with E-state index in [1.807, 2.05) is 6.92 Å². The summed E-state index contributed by atoms with van der Waals surface area (Å²) >= 11 is 1.38. The number of rotatable bonds is 3. The largest absolute Gasteiger partial charge is 0.395 e. The van der Waals surface area contributed by atoms with E-state index in [-0.39, 0.29) is 5.91 Å². The average Bonchev–Trinajstić information content (AvgIpc) is 2.84.